The Morgan fingerprint density at radius 3 is 2.58 bits per heavy atom. The van der Waals surface area contributed by atoms with Gasteiger partial charge in [-0.1, -0.05) is 29.8 Å². The predicted molar refractivity (Wildman–Crippen MR) is 117 cm³/mol. The van der Waals surface area contributed by atoms with Crippen LogP contribution in [0.5, 0.6) is 0 Å². The number of sulfonamides is 1. The summed E-state index contributed by atoms with van der Waals surface area (Å²) < 4.78 is 44.1. The molecule has 1 aliphatic heterocycles. The Morgan fingerprint density at radius 2 is 1.87 bits per heavy atom. The normalized spacial score (nSPS) is 15.2. The van der Waals surface area contributed by atoms with Crippen LogP contribution in [-0.4, -0.2) is 54.3 Å². The molecule has 2 N–H and O–H groups in total. The average Bonchev–Trinajstić information content (AvgIpc) is 3.12. The fraction of sp³-hybridized carbons (Fsp3) is 0.300. The third kappa shape index (κ3) is 4.72. The van der Waals surface area contributed by atoms with Gasteiger partial charge in [-0.2, -0.15) is 0 Å². The van der Waals surface area contributed by atoms with E-state index in [2.05, 4.69) is 25.1 Å². The first-order valence-corrected chi connectivity index (χ1v) is 11.6. The van der Waals surface area contributed by atoms with Gasteiger partial charge in [-0.15, -0.1) is 10.2 Å². The van der Waals surface area contributed by atoms with E-state index in [0.29, 0.717) is 23.8 Å². The molecule has 1 fully saturated rings. The molecular weight excluding hydrogens is 443 g/mol. The van der Waals surface area contributed by atoms with Gasteiger partial charge in [0.05, 0.1) is 22.2 Å². The van der Waals surface area contributed by atoms with Crippen molar-refractivity contribution in [2.45, 2.75) is 11.4 Å². The number of halogens is 2. The highest BCUT2D eigenvalue weighted by Gasteiger charge is 2.22. The minimum Gasteiger partial charge on any atom is -0.314 e. The predicted octanol–water partition coefficient (Wildman–Crippen LogP) is 2.48. The van der Waals surface area contributed by atoms with Crippen molar-refractivity contribution in [3.63, 3.8) is 0 Å². The van der Waals surface area contributed by atoms with Gasteiger partial charge in [0, 0.05) is 44.9 Å². The van der Waals surface area contributed by atoms with E-state index in [0.717, 1.165) is 32.2 Å². The van der Waals surface area contributed by atoms with Gasteiger partial charge in [0.2, 0.25) is 0 Å². The summed E-state index contributed by atoms with van der Waals surface area (Å²) in [7, 11) is -2.14. The first-order valence-electron chi connectivity index (χ1n) is 9.74. The molecule has 0 atom stereocenters. The number of piperazine rings is 1. The SMILES string of the molecule is Cn1c(CN2CCNCC2)nnc1-c1cc(Cl)c(F)cc1NS(=O)(=O)c1ccccc1. The number of nitrogens with one attached hydrogen (secondary N) is 2. The second-order valence-electron chi connectivity index (χ2n) is 7.26. The molecular formula is C20H22ClFN6O2S. The van der Waals surface area contributed by atoms with Crippen LogP contribution in [-0.2, 0) is 23.6 Å². The monoisotopic (exact) mass is 464 g/mol. The van der Waals surface area contributed by atoms with E-state index in [9.17, 15) is 12.8 Å². The van der Waals surface area contributed by atoms with Crippen molar-refractivity contribution < 1.29 is 12.8 Å². The van der Waals surface area contributed by atoms with Crippen molar-refractivity contribution >= 4 is 27.3 Å². The maximum atomic E-state index is 14.2. The second kappa shape index (κ2) is 8.91. The molecule has 164 valence electrons. The molecule has 2 aromatic carbocycles. The first-order chi connectivity index (χ1) is 14.8. The lowest BCUT2D eigenvalue weighted by molar-refractivity contribution is 0.226. The zero-order valence-corrected chi connectivity index (χ0v) is 18.4. The van der Waals surface area contributed by atoms with E-state index in [4.69, 9.17) is 11.6 Å². The molecule has 0 unspecified atom stereocenters. The Labute approximate surface area is 185 Å². The number of hydrogen-bond acceptors (Lipinski definition) is 6. The molecule has 2 heterocycles. The first kappa shape index (κ1) is 21.7. The third-order valence-corrected chi connectivity index (χ3v) is 6.81. The number of hydrogen-bond donors (Lipinski definition) is 2. The summed E-state index contributed by atoms with van der Waals surface area (Å²) in [6.07, 6.45) is 0. The largest absolute Gasteiger partial charge is 0.314 e. The van der Waals surface area contributed by atoms with Crippen molar-refractivity contribution in [3.05, 3.63) is 59.1 Å². The second-order valence-corrected chi connectivity index (χ2v) is 9.35. The highest BCUT2D eigenvalue weighted by atomic mass is 35.5. The van der Waals surface area contributed by atoms with Gasteiger partial charge in [-0.25, -0.2) is 12.8 Å². The lowest BCUT2D eigenvalue weighted by atomic mass is 10.1. The Bertz CT molecular complexity index is 1180. The van der Waals surface area contributed by atoms with Gasteiger partial charge in [-0.05, 0) is 18.2 Å². The highest BCUT2D eigenvalue weighted by Crippen LogP contribution is 2.33. The summed E-state index contributed by atoms with van der Waals surface area (Å²) in [4.78, 5) is 2.31. The number of rotatable bonds is 6. The van der Waals surface area contributed by atoms with Crippen molar-refractivity contribution in [2.24, 2.45) is 7.05 Å². The van der Waals surface area contributed by atoms with Gasteiger partial charge in [-0.3, -0.25) is 9.62 Å². The van der Waals surface area contributed by atoms with Gasteiger partial charge < -0.3 is 9.88 Å². The standard InChI is InChI=1S/C20H22ClFN6O2S/c1-27-19(13-28-9-7-23-8-10-28)24-25-20(27)15-11-16(21)17(22)12-18(15)26-31(29,30)14-5-3-2-4-6-14/h2-6,11-12,23,26H,7-10,13H2,1H3. The fourth-order valence-corrected chi connectivity index (χ4v) is 4.68. The number of aromatic nitrogens is 3. The highest BCUT2D eigenvalue weighted by molar-refractivity contribution is 7.92. The van der Waals surface area contributed by atoms with Crippen molar-refractivity contribution in [2.75, 3.05) is 30.9 Å². The average molecular weight is 465 g/mol. The summed E-state index contributed by atoms with van der Waals surface area (Å²) in [5.74, 6) is 0.367. The zero-order valence-electron chi connectivity index (χ0n) is 16.8. The van der Waals surface area contributed by atoms with Crippen LogP contribution >= 0.6 is 11.6 Å². The van der Waals surface area contributed by atoms with Crippen LogP contribution in [0.2, 0.25) is 5.02 Å². The van der Waals surface area contributed by atoms with Gasteiger partial charge >= 0.3 is 0 Å². The van der Waals surface area contributed by atoms with Crippen LogP contribution in [0.4, 0.5) is 10.1 Å². The Kier molecular flexibility index (Phi) is 6.24. The van der Waals surface area contributed by atoms with Gasteiger partial charge in [0.25, 0.3) is 10.0 Å². The zero-order chi connectivity index (χ0) is 22.0. The summed E-state index contributed by atoms with van der Waals surface area (Å²) in [6, 6.07) is 10.3. The lowest BCUT2D eigenvalue weighted by Gasteiger charge is -2.26. The summed E-state index contributed by atoms with van der Waals surface area (Å²) in [5, 5.41) is 11.7. The van der Waals surface area contributed by atoms with Crippen molar-refractivity contribution in [1.29, 1.82) is 0 Å². The summed E-state index contributed by atoms with van der Waals surface area (Å²) >= 11 is 6.01. The molecule has 4 rings (SSSR count). The molecule has 8 nitrogen and oxygen atoms in total. The van der Waals surface area contributed by atoms with Crippen molar-refractivity contribution in [3.8, 4) is 11.4 Å². The minimum atomic E-state index is -3.93. The number of anilines is 1. The molecule has 0 bridgehead atoms. The third-order valence-electron chi connectivity index (χ3n) is 5.14. The van der Waals surface area contributed by atoms with Crippen LogP contribution in [0.25, 0.3) is 11.4 Å². The van der Waals surface area contributed by atoms with E-state index in [-0.39, 0.29) is 15.6 Å². The van der Waals surface area contributed by atoms with Gasteiger partial charge in [0.15, 0.2) is 5.82 Å². The molecule has 1 saturated heterocycles. The van der Waals surface area contributed by atoms with E-state index in [1.165, 1.54) is 18.2 Å². The maximum Gasteiger partial charge on any atom is 0.261 e. The molecule has 3 aromatic rings. The number of nitrogens with zero attached hydrogens (tertiary/aromatic N) is 4. The van der Waals surface area contributed by atoms with Crippen LogP contribution in [0.15, 0.2) is 47.4 Å². The fourth-order valence-electron chi connectivity index (χ4n) is 3.42. The van der Waals surface area contributed by atoms with Crippen molar-refractivity contribution in [1.82, 2.24) is 25.0 Å². The Balaban J connectivity index is 1.70. The van der Waals surface area contributed by atoms with Gasteiger partial charge in [0.1, 0.15) is 11.6 Å². The Morgan fingerprint density at radius 1 is 1.16 bits per heavy atom. The van der Waals surface area contributed by atoms with E-state index >= 15 is 0 Å². The lowest BCUT2D eigenvalue weighted by Crippen LogP contribution is -2.43. The minimum absolute atomic E-state index is 0.0370. The molecule has 31 heavy (non-hydrogen) atoms. The topological polar surface area (TPSA) is 92.2 Å². The van der Waals surface area contributed by atoms with Crippen LogP contribution in [0.1, 0.15) is 5.82 Å². The van der Waals surface area contributed by atoms with Crippen LogP contribution in [0, 0.1) is 5.82 Å². The van der Waals surface area contributed by atoms with Crippen LogP contribution in [0.3, 0.4) is 0 Å². The van der Waals surface area contributed by atoms with Crippen LogP contribution < -0.4 is 10.0 Å². The smallest absolute Gasteiger partial charge is 0.261 e. The Hall–Kier alpha value is -2.53. The number of benzene rings is 2. The summed E-state index contributed by atoms with van der Waals surface area (Å²) in [5.41, 5.74) is 0.377. The molecule has 11 heteroatoms. The maximum absolute atomic E-state index is 14.2. The summed E-state index contributed by atoms with van der Waals surface area (Å²) in [6.45, 7) is 4.21. The van der Waals surface area contributed by atoms with E-state index in [1.807, 2.05) is 0 Å². The quantitative estimate of drug-likeness (QED) is 0.582. The molecule has 1 aliphatic rings. The molecule has 0 spiro atoms. The van der Waals surface area contributed by atoms with E-state index in [1.54, 1.807) is 29.8 Å². The molecule has 0 amide bonds. The molecule has 0 saturated carbocycles. The molecule has 0 radical (unpaired) electrons. The molecule has 0 aliphatic carbocycles. The molecule has 1 aromatic heterocycles. The van der Waals surface area contributed by atoms with E-state index < -0.39 is 15.8 Å².